The highest BCUT2D eigenvalue weighted by Gasteiger charge is 2.44. The minimum atomic E-state index is -0.974. The summed E-state index contributed by atoms with van der Waals surface area (Å²) in [4.78, 5) is 24.3. The Morgan fingerprint density at radius 1 is 1.44 bits per heavy atom. The number of hydrogen-bond donors (Lipinski definition) is 1. The SMILES string of the molecule is CC1(OCC(=O)O)CN(C(=O)C2CC=CCC2)C1. The molecule has 1 N–H and O–H groups in total. The summed E-state index contributed by atoms with van der Waals surface area (Å²) in [7, 11) is 0. The number of carboxylic acid groups (broad SMARTS) is 1. The molecule has 1 heterocycles. The first-order valence-electron chi connectivity index (χ1n) is 6.30. The Hall–Kier alpha value is -1.36. The van der Waals surface area contributed by atoms with Crippen LogP contribution in [0, 0.1) is 5.92 Å². The van der Waals surface area contributed by atoms with E-state index in [1.807, 2.05) is 6.92 Å². The predicted molar refractivity (Wildman–Crippen MR) is 65.1 cm³/mol. The van der Waals surface area contributed by atoms with Gasteiger partial charge in [-0.25, -0.2) is 4.79 Å². The highest BCUT2D eigenvalue weighted by molar-refractivity contribution is 5.80. The molecule has 5 nitrogen and oxygen atoms in total. The number of amides is 1. The number of ether oxygens (including phenoxy) is 1. The molecule has 2 rings (SSSR count). The third-order valence-electron chi connectivity index (χ3n) is 3.52. The fourth-order valence-corrected chi connectivity index (χ4v) is 2.52. The van der Waals surface area contributed by atoms with Crippen molar-refractivity contribution < 1.29 is 19.4 Å². The maximum atomic E-state index is 12.1. The van der Waals surface area contributed by atoms with Gasteiger partial charge in [0.2, 0.25) is 5.91 Å². The maximum Gasteiger partial charge on any atom is 0.329 e. The number of carboxylic acids is 1. The van der Waals surface area contributed by atoms with Gasteiger partial charge in [0.1, 0.15) is 12.2 Å². The van der Waals surface area contributed by atoms with Crippen LogP contribution >= 0.6 is 0 Å². The van der Waals surface area contributed by atoms with Gasteiger partial charge in [0, 0.05) is 5.92 Å². The number of likely N-dealkylation sites (tertiary alicyclic amines) is 1. The van der Waals surface area contributed by atoms with E-state index in [2.05, 4.69) is 12.2 Å². The Bertz CT molecular complexity index is 371. The fraction of sp³-hybridized carbons (Fsp3) is 0.692. The Balaban J connectivity index is 1.79. The van der Waals surface area contributed by atoms with Crippen molar-refractivity contribution in [3.8, 4) is 0 Å². The predicted octanol–water partition coefficient (Wildman–Crippen LogP) is 1.04. The second-order valence-electron chi connectivity index (χ2n) is 5.31. The first-order valence-corrected chi connectivity index (χ1v) is 6.30. The summed E-state index contributed by atoms with van der Waals surface area (Å²) < 4.78 is 5.29. The summed E-state index contributed by atoms with van der Waals surface area (Å²) in [6.07, 6.45) is 6.88. The van der Waals surface area contributed by atoms with Crippen molar-refractivity contribution in [3.05, 3.63) is 12.2 Å². The minimum absolute atomic E-state index is 0.0963. The molecule has 1 unspecified atom stereocenters. The molecule has 1 fully saturated rings. The van der Waals surface area contributed by atoms with Gasteiger partial charge in [-0.3, -0.25) is 4.79 Å². The second kappa shape index (κ2) is 5.10. The summed E-state index contributed by atoms with van der Waals surface area (Å²) in [5.74, 6) is -0.701. The van der Waals surface area contributed by atoms with E-state index < -0.39 is 11.6 Å². The largest absolute Gasteiger partial charge is 0.480 e. The zero-order valence-electron chi connectivity index (χ0n) is 10.6. The number of nitrogens with zero attached hydrogens (tertiary/aromatic N) is 1. The average Bonchev–Trinajstić information content (AvgIpc) is 2.33. The van der Waals surface area contributed by atoms with Crippen molar-refractivity contribution in [2.75, 3.05) is 19.7 Å². The summed E-state index contributed by atoms with van der Waals surface area (Å²) in [5.41, 5.74) is -0.488. The molecule has 2 aliphatic rings. The molecule has 5 heteroatoms. The van der Waals surface area contributed by atoms with E-state index in [0.717, 1.165) is 19.3 Å². The zero-order valence-corrected chi connectivity index (χ0v) is 10.6. The molecule has 1 atom stereocenters. The summed E-state index contributed by atoms with van der Waals surface area (Å²) in [6.45, 7) is 2.55. The van der Waals surface area contributed by atoms with Crippen LogP contribution in [-0.4, -0.2) is 47.2 Å². The average molecular weight is 253 g/mol. The molecule has 1 aliphatic carbocycles. The summed E-state index contributed by atoms with van der Waals surface area (Å²) in [6, 6.07) is 0. The molecular weight excluding hydrogens is 234 g/mol. The monoisotopic (exact) mass is 253 g/mol. The molecule has 0 aromatic carbocycles. The smallest absolute Gasteiger partial charge is 0.329 e. The Kier molecular flexibility index (Phi) is 3.71. The number of aliphatic carboxylic acids is 1. The molecular formula is C13H19NO4. The first kappa shape index (κ1) is 13.1. The maximum absolute atomic E-state index is 12.1. The zero-order chi connectivity index (χ0) is 13.2. The van der Waals surface area contributed by atoms with Gasteiger partial charge in [-0.05, 0) is 26.2 Å². The van der Waals surface area contributed by atoms with Gasteiger partial charge < -0.3 is 14.7 Å². The molecule has 0 spiro atoms. The minimum Gasteiger partial charge on any atom is -0.480 e. The Labute approximate surface area is 106 Å². The molecule has 0 bridgehead atoms. The fourth-order valence-electron chi connectivity index (χ4n) is 2.52. The van der Waals surface area contributed by atoms with E-state index in [1.165, 1.54) is 0 Å². The van der Waals surface area contributed by atoms with Crippen LogP contribution in [0.25, 0.3) is 0 Å². The lowest BCUT2D eigenvalue weighted by atomic mass is 9.89. The van der Waals surface area contributed by atoms with Gasteiger partial charge in [0.25, 0.3) is 0 Å². The van der Waals surface area contributed by atoms with Crippen molar-refractivity contribution in [1.29, 1.82) is 0 Å². The number of allylic oxidation sites excluding steroid dienone is 2. The van der Waals surface area contributed by atoms with Crippen LogP contribution in [-0.2, 0) is 14.3 Å². The lowest BCUT2D eigenvalue weighted by Crippen LogP contribution is -2.64. The molecule has 0 aromatic rings. The lowest BCUT2D eigenvalue weighted by Gasteiger charge is -2.48. The van der Waals surface area contributed by atoms with E-state index in [-0.39, 0.29) is 18.4 Å². The quantitative estimate of drug-likeness (QED) is 0.760. The highest BCUT2D eigenvalue weighted by Crippen LogP contribution is 2.29. The molecule has 1 saturated heterocycles. The third kappa shape index (κ3) is 2.90. The van der Waals surface area contributed by atoms with Crippen LogP contribution in [0.15, 0.2) is 12.2 Å². The second-order valence-corrected chi connectivity index (χ2v) is 5.31. The van der Waals surface area contributed by atoms with Gasteiger partial charge in [0.15, 0.2) is 0 Å². The normalized spacial score (nSPS) is 25.6. The van der Waals surface area contributed by atoms with Crippen LogP contribution < -0.4 is 0 Å². The number of hydrogen-bond acceptors (Lipinski definition) is 3. The van der Waals surface area contributed by atoms with E-state index in [9.17, 15) is 9.59 Å². The molecule has 1 amide bonds. The molecule has 1 aliphatic heterocycles. The van der Waals surface area contributed by atoms with Crippen LogP contribution in [0.1, 0.15) is 26.2 Å². The van der Waals surface area contributed by atoms with Crippen molar-refractivity contribution in [2.24, 2.45) is 5.92 Å². The number of carbonyl (C=O) groups is 2. The van der Waals surface area contributed by atoms with Crippen LogP contribution in [0.3, 0.4) is 0 Å². The summed E-state index contributed by atoms with van der Waals surface area (Å²) >= 11 is 0. The lowest BCUT2D eigenvalue weighted by molar-refractivity contribution is -0.175. The van der Waals surface area contributed by atoms with Gasteiger partial charge in [-0.1, -0.05) is 12.2 Å². The number of rotatable bonds is 4. The summed E-state index contributed by atoms with van der Waals surface area (Å²) in [5, 5.41) is 8.56. The molecule has 0 radical (unpaired) electrons. The van der Waals surface area contributed by atoms with E-state index >= 15 is 0 Å². The van der Waals surface area contributed by atoms with Crippen LogP contribution in [0.2, 0.25) is 0 Å². The van der Waals surface area contributed by atoms with Crippen molar-refractivity contribution in [1.82, 2.24) is 4.90 Å². The van der Waals surface area contributed by atoms with Gasteiger partial charge >= 0.3 is 5.97 Å². The molecule has 0 aromatic heterocycles. The van der Waals surface area contributed by atoms with Gasteiger partial charge in [-0.2, -0.15) is 0 Å². The van der Waals surface area contributed by atoms with E-state index in [1.54, 1.807) is 4.90 Å². The van der Waals surface area contributed by atoms with Crippen LogP contribution in [0.4, 0.5) is 0 Å². The molecule has 0 saturated carbocycles. The highest BCUT2D eigenvalue weighted by atomic mass is 16.5. The van der Waals surface area contributed by atoms with Gasteiger partial charge in [0.05, 0.1) is 13.1 Å². The first-order chi connectivity index (χ1) is 8.50. The number of carbonyl (C=O) groups excluding carboxylic acids is 1. The topological polar surface area (TPSA) is 66.8 Å². The van der Waals surface area contributed by atoms with E-state index in [0.29, 0.717) is 13.1 Å². The Morgan fingerprint density at radius 2 is 2.17 bits per heavy atom. The third-order valence-corrected chi connectivity index (χ3v) is 3.52. The standard InChI is InChI=1S/C13H19NO4/c1-13(18-7-11(15)16)8-14(9-13)12(17)10-5-3-2-4-6-10/h2-3,10H,4-9H2,1H3,(H,15,16). The Morgan fingerprint density at radius 3 is 2.72 bits per heavy atom. The van der Waals surface area contributed by atoms with Crippen molar-refractivity contribution in [2.45, 2.75) is 31.8 Å². The van der Waals surface area contributed by atoms with Gasteiger partial charge in [-0.15, -0.1) is 0 Å². The van der Waals surface area contributed by atoms with E-state index in [4.69, 9.17) is 9.84 Å². The van der Waals surface area contributed by atoms with Crippen molar-refractivity contribution >= 4 is 11.9 Å². The van der Waals surface area contributed by atoms with Crippen molar-refractivity contribution in [3.63, 3.8) is 0 Å². The molecule has 100 valence electrons. The van der Waals surface area contributed by atoms with Crippen LogP contribution in [0.5, 0.6) is 0 Å². The molecule has 18 heavy (non-hydrogen) atoms.